The molecule has 4 aromatic rings. The Labute approximate surface area is 230 Å². The van der Waals surface area contributed by atoms with E-state index in [2.05, 4.69) is 48.5 Å². The first kappa shape index (κ1) is 30.8. The molecule has 39 heavy (non-hydrogen) atoms. The van der Waals surface area contributed by atoms with Gasteiger partial charge in [0.05, 0.1) is 5.71 Å². The van der Waals surface area contributed by atoms with Crippen LogP contribution in [0.4, 0.5) is 0 Å². The van der Waals surface area contributed by atoms with Gasteiger partial charge in [-0.3, -0.25) is 9.59 Å². The molecule has 0 fully saturated rings. The number of carboxylic acid groups (broad SMARTS) is 1. The Morgan fingerprint density at radius 2 is 1.51 bits per heavy atom. The molecule has 1 heterocycles. The Bertz CT molecular complexity index is 1470. The van der Waals surface area contributed by atoms with Crippen molar-refractivity contribution in [1.82, 2.24) is 4.57 Å². The van der Waals surface area contributed by atoms with Crippen molar-refractivity contribution >= 4 is 11.7 Å². The lowest BCUT2D eigenvalue weighted by atomic mass is 9.83. The Morgan fingerprint density at radius 1 is 0.897 bits per heavy atom. The second-order valence-corrected chi connectivity index (χ2v) is 9.24. The summed E-state index contributed by atoms with van der Waals surface area (Å²) in [5.74, 6) is -0.856. The molecule has 4 rings (SSSR count). The van der Waals surface area contributed by atoms with E-state index in [-0.39, 0.29) is 32.8 Å². The number of oxime groups is 1. The van der Waals surface area contributed by atoms with E-state index in [9.17, 15) is 14.8 Å². The fraction of sp³-hybridized carbons (Fsp3) is 0.242. The van der Waals surface area contributed by atoms with E-state index in [1.165, 1.54) is 10.6 Å². The van der Waals surface area contributed by atoms with Gasteiger partial charge in [0, 0.05) is 43.6 Å². The van der Waals surface area contributed by atoms with E-state index in [0.717, 1.165) is 33.4 Å². The summed E-state index contributed by atoms with van der Waals surface area (Å²) < 4.78 is 1.48. The molecule has 6 nitrogen and oxygen atoms in total. The van der Waals surface area contributed by atoms with Crippen LogP contribution >= 0.6 is 0 Å². The monoisotopic (exact) mass is 526 g/mol. The van der Waals surface area contributed by atoms with Gasteiger partial charge < -0.3 is 14.9 Å². The first-order valence-electron chi connectivity index (χ1n) is 12.2. The number of carbonyl (C=O) groups is 1. The zero-order chi connectivity index (χ0) is 26.4. The molecule has 6 heteroatoms. The van der Waals surface area contributed by atoms with Crippen molar-refractivity contribution in [3.63, 3.8) is 0 Å². The average Bonchev–Trinajstić information content (AvgIpc) is 2.91. The van der Waals surface area contributed by atoms with Gasteiger partial charge in [0.2, 0.25) is 5.56 Å². The molecule has 0 bridgehead atoms. The molecule has 0 aliphatic heterocycles. The summed E-state index contributed by atoms with van der Waals surface area (Å²) in [5.41, 5.74) is 7.57. The van der Waals surface area contributed by atoms with Crippen LogP contribution in [0.5, 0.6) is 0 Å². The molecule has 0 amide bonds. The van der Waals surface area contributed by atoms with Gasteiger partial charge in [-0.25, -0.2) is 0 Å². The topological polar surface area (TPSA) is 91.9 Å². The summed E-state index contributed by atoms with van der Waals surface area (Å²) in [6.45, 7) is 2.07. The Balaban J connectivity index is 0.00000267. The lowest BCUT2D eigenvalue weighted by molar-refractivity contribution is -0.136. The number of benzene rings is 3. The maximum atomic E-state index is 11.9. The quantitative estimate of drug-likeness (QED) is 0.139. The fourth-order valence-electron chi connectivity index (χ4n) is 4.58. The number of hydrogen-bond donors (Lipinski definition) is 2. The first-order valence-corrected chi connectivity index (χ1v) is 12.2. The molecule has 0 saturated heterocycles. The number of nitrogens with zero attached hydrogens (tertiary/aromatic N) is 2. The van der Waals surface area contributed by atoms with Crippen molar-refractivity contribution in [2.45, 2.75) is 47.0 Å². The van der Waals surface area contributed by atoms with Crippen LogP contribution < -0.4 is 5.56 Å². The lowest BCUT2D eigenvalue weighted by Crippen LogP contribution is -2.18. The number of aryl methyl sites for hydroxylation is 3. The van der Waals surface area contributed by atoms with Crippen LogP contribution in [0.1, 0.15) is 61.4 Å². The third-order valence-electron chi connectivity index (χ3n) is 6.73. The number of hydrogen-bond acceptors (Lipinski definition) is 4. The van der Waals surface area contributed by atoms with Crippen molar-refractivity contribution in [3.8, 4) is 11.1 Å². The molecule has 1 unspecified atom stereocenters. The van der Waals surface area contributed by atoms with Crippen LogP contribution in [0.3, 0.4) is 0 Å². The Morgan fingerprint density at radius 3 is 2.08 bits per heavy atom. The molecule has 204 valence electrons. The summed E-state index contributed by atoms with van der Waals surface area (Å²) >= 11 is 0. The standard InChI is InChI=1S/C31H30N2O4.2CH4/c1-21-5-3-4-6-27(21)28(19-29(32-37)26-16-17-30(34)33(2)20-26)25-14-12-24(13-15-25)23-10-7-22(8-11-23)9-18-31(35)36;;/h3-8,10-17,20,28,37H,9,18-19H2,1-2H3,(H,35,36);2*1H4/b32-29+;;. The normalized spacial score (nSPS) is 11.7. The average molecular weight is 527 g/mol. The third kappa shape index (κ3) is 7.54. The zero-order valence-electron chi connectivity index (χ0n) is 21.0. The minimum absolute atomic E-state index is 0. The minimum atomic E-state index is -0.798. The van der Waals surface area contributed by atoms with E-state index in [4.69, 9.17) is 5.11 Å². The van der Waals surface area contributed by atoms with Crippen LogP contribution in [-0.4, -0.2) is 26.6 Å². The van der Waals surface area contributed by atoms with E-state index in [1.807, 2.05) is 36.4 Å². The van der Waals surface area contributed by atoms with E-state index < -0.39 is 5.97 Å². The maximum absolute atomic E-state index is 11.9. The molecule has 0 aliphatic rings. The van der Waals surface area contributed by atoms with Crippen LogP contribution in [0.25, 0.3) is 11.1 Å². The third-order valence-corrected chi connectivity index (χ3v) is 6.73. The largest absolute Gasteiger partial charge is 0.481 e. The molecule has 1 atom stereocenters. The number of aliphatic carboxylic acids is 1. The van der Waals surface area contributed by atoms with Gasteiger partial charge in [-0.05, 0) is 52.8 Å². The number of rotatable bonds is 9. The van der Waals surface area contributed by atoms with E-state index in [0.29, 0.717) is 24.1 Å². The highest BCUT2D eigenvalue weighted by Gasteiger charge is 2.21. The van der Waals surface area contributed by atoms with Crippen molar-refractivity contribution in [3.05, 3.63) is 129 Å². The highest BCUT2D eigenvalue weighted by Crippen LogP contribution is 2.33. The van der Waals surface area contributed by atoms with Gasteiger partial charge in [-0.1, -0.05) is 92.8 Å². The predicted molar refractivity (Wildman–Crippen MR) is 159 cm³/mol. The van der Waals surface area contributed by atoms with Gasteiger partial charge >= 0.3 is 5.97 Å². The Hall–Kier alpha value is -4.45. The van der Waals surface area contributed by atoms with Crippen LogP contribution in [-0.2, 0) is 18.3 Å². The van der Waals surface area contributed by atoms with E-state index in [1.54, 1.807) is 19.3 Å². The molecule has 0 aliphatic carbocycles. The minimum Gasteiger partial charge on any atom is -0.481 e. The molecule has 0 radical (unpaired) electrons. The van der Waals surface area contributed by atoms with Gasteiger partial charge in [0.15, 0.2) is 0 Å². The highest BCUT2D eigenvalue weighted by molar-refractivity contribution is 6.00. The van der Waals surface area contributed by atoms with Crippen molar-refractivity contribution in [2.75, 3.05) is 0 Å². The first-order chi connectivity index (χ1) is 17.9. The molecule has 0 saturated carbocycles. The van der Waals surface area contributed by atoms with Crippen molar-refractivity contribution in [1.29, 1.82) is 0 Å². The molecular formula is C33H38N2O4. The highest BCUT2D eigenvalue weighted by atomic mass is 16.4. The number of pyridine rings is 1. The second-order valence-electron chi connectivity index (χ2n) is 9.24. The van der Waals surface area contributed by atoms with Gasteiger partial charge in [-0.15, -0.1) is 0 Å². The van der Waals surface area contributed by atoms with Crippen molar-refractivity contribution in [2.24, 2.45) is 12.2 Å². The maximum Gasteiger partial charge on any atom is 0.303 e. The molecule has 0 spiro atoms. The fourth-order valence-corrected chi connectivity index (χ4v) is 4.58. The van der Waals surface area contributed by atoms with Gasteiger partial charge in [-0.2, -0.15) is 0 Å². The Kier molecular flexibility index (Phi) is 11.0. The van der Waals surface area contributed by atoms with Crippen LogP contribution in [0, 0.1) is 6.92 Å². The van der Waals surface area contributed by atoms with Crippen LogP contribution in [0.2, 0.25) is 0 Å². The smallest absolute Gasteiger partial charge is 0.303 e. The summed E-state index contributed by atoms with van der Waals surface area (Å²) in [5, 5.41) is 22.4. The van der Waals surface area contributed by atoms with Gasteiger partial charge in [0.1, 0.15) is 0 Å². The summed E-state index contributed by atoms with van der Waals surface area (Å²) in [6, 6.07) is 27.7. The summed E-state index contributed by atoms with van der Waals surface area (Å²) in [4.78, 5) is 22.7. The zero-order valence-corrected chi connectivity index (χ0v) is 21.0. The van der Waals surface area contributed by atoms with Gasteiger partial charge in [0.25, 0.3) is 0 Å². The van der Waals surface area contributed by atoms with E-state index >= 15 is 0 Å². The molecular weight excluding hydrogens is 488 g/mol. The predicted octanol–water partition coefficient (Wildman–Crippen LogP) is 7.05. The number of aromatic nitrogens is 1. The molecule has 1 aromatic heterocycles. The summed E-state index contributed by atoms with van der Waals surface area (Å²) in [6.07, 6.45) is 2.77. The lowest BCUT2D eigenvalue weighted by Gasteiger charge is -2.21. The molecule has 3 aromatic carbocycles. The summed E-state index contributed by atoms with van der Waals surface area (Å²) in [7, 11) is 1.68. The molecule has 2 N–H and O–H groups in total. The SMILES string of the molecule is C.C.Cc1ccccc1C(C/C(=N\O)c1ccc(=O)n(C)c1)c1ccc(-c2ccc(CCC(=O)O)cc2)cc1. The second kappa shape index (κ2) is 13.9. The van der Waals surface area contributed by atoms with Crippen molar-refractivity contribution < 1.29 is 15.1 Å². The van der Waals surface area contributed by atoms with Crippen LogP contribution in [0.15, 0.2) is 101 Å². The number of carboxylic acids is 1.